The Morgan fingerprint density at radius 3 is 0.500 bits per heavy atom. The van der Waals surface area contributed by atoms with Crippen molar-refractivity contribution in [2.45, 2.75) is 0 Å². The quantitative estimate of drug-likeness (QED) is 0.114. The molecule has 0 atom stereocenters. The predicted octanol–water partition coefficient (Wildman–Crippen LogP) is -7.72. The van der Waals surface area contributed by atoms with E-state index in [2.05, 4.69) is 0 Å². The molecule has 0 saturated heterocycles. The molecular formula is C12H42CoN6O10S. The summed E-state index contributed by atoms with van der Waals surface area (Å²) in [6.07, 6.45) is 0. The number of hydrogen-bond donors (Lipinski definition) is 12. The van der Waals surface area contributed by atoms with Gasteiger partial charge in [-0.15, -0.1) is 0 Å². The maximum Gasteiger partial charge on any atom is 2.00 e. The third-order valence-corrected chi connectivity index (χ3v) is 0.775. The first-order valence-electron chi connectivity index (χ1n) is 8.01. The van der Waals surface area contributed by atoms with Crippen molar-refractivity contribution in [2.24, 2.45) is 34.4 Å². The Hall–Kier alpha value is -0.104. The second kappa shape index (κ2) is 70.2. The van der Waals surface area contributed by atoms with Crippen molar-refractivity contribution < 1.29 is 64.9 Å². The summed E-state index contributed by atoms with van der Waals surface area (Å²) in [6.45, 7) is 2.83. The van der Waals surface area contributed by atoms with Crippen molar-refractivity contribution in [1.82, 2.24) is 0 Å². The Morgan fingerprint density at radius 1 is 0.467 bits per heavy atom. The van der Waals surface area contributed by atoms with Crippen molar-refractivity contribution in [3.05, 3.63) is 0 Å². The van der Waals surface area contributed by atoms with Gasteiger partial charge < -0.3 is 74.1 Å². The predicted molar refractivity (Wildman–Crippen MR) is 107 cm³/mol. The summed E-state index contributed by atoms with van der Waals surface area (Å²) < 4.78 is 34.1. The minimum Gasteiger partial charge on any atom is -0.759 e. The van der Waals surface area contributed by atoms with Gasteiger partial charge in [-0.1, -0.05) is 0 Å². The molecule has 0 unspecified atom stereocenters. The van der Waals surface area contributed by atoms with Gasteiger partial charge in [-0.2, -0.15) is 0 Å². The molecule has 0 amide bonds. The van der Waals surface area contributed by atoms with Gasteiger partial charge in [0.25, 0.3) is 0 Å². The average molecular weight is 522 g/mol. The number of nitrogens with two attached hydrogens (primary N) is 6. The van der Waals surface area contributed by atoms with Crippen LogP contribution in [0.5, 0.6) is 0 Å². The molecule has 195 valence electrons. The van der Waals surface area contributed by atoms with Crippen molar-refractivity contribution in [1.29, 1.82) is 0 Å². The van der Waals surface area contributed by atoms with Crippen molar-refractivity contribution in [3.8, 4) is 0 Å². The standard InChI is InChI=1S/6C2H7NO.Co.H2O4S/c6*3-1-2-4;;1-5(2,3)4/h6*4H,1-3H2;;(H2,1,2,3,4)/q;;;;;;+2;/p-2. The van der Waals surface area contributed by atoms with Gasteiger partial charge in [-0.25, -0.2) is 0 Å². The Morgan fingerprint density at radius 2 is 0.500 bits per heavy atom. The molecule has 30 heavy (non-hydrogen) atoms. The zero-order chi connectivity index (χ0) is 25.0. The summed E-state index contributed by atoms with van der Waals surface area (Å²) in [4.78, 5) is 0. The summed E-state index contributed by atoms with van der Waals surface area (Å²) in [6, 6.07) is 0. The van der Waals surface area contributed by atoms with Gasteiger partial charge in [0.2, 0.25) is 0 Å². The van der Waals surface area contributed by atoms with E-state index in [0.717, 1.165) is 0 Å². The van der Waals surface area contributed by atoms with Gasteiger partial charge in [0.15, 0.2) is 0 Å². The maximum atomic E-state index is 8.52. The van der Waals surface area contributed by atoms with Gasteiger partial charge in [-0.3, -0.25) is 8.42 Å². The Labute approximate surface area is 189 Å². The van der Waals surface area contributed by atoms with Crippen LogP contribution in [-0.2, 0) is 27.2 Å². The minimum absolute atomic E-state index is 0. The van der Waals surface area contributed by atoms with Crippen LogP contribution in [0.2, 0.25) is 0 Å². The average Bonchev–Trinajstić information content (AvgIpc) is 2.72. The van der Waals surface area contributed by atoms with Gasteiger partial charge in [0.1, 0.15) is 0 Å². The van der Waals surface area contributed by atoms with E-state index >= 15 is 0 Å². The van der Waals surface area contributed by atoms with E-state index < -0.39 is 10.4 Å². The molecule has 0 saturated carbocycles. The molecule has 0 aromatic heterocycles. The Balaban J connectivity index is -0.0000000313. The van der Waals surface area contributed by atoms with Crippen molar-refractivity contribution in [3.63, 3.8) is 0 Å². The molecule has 16 nitrogen and oxygen atoms in total. The smallest absolute Gasteiger partial charge is 0.759 e. The fourth-order valence-corrected chi connectivity index (χ4v) is 0. The monoisotopic (exact) mass is 521 g/mol. The van der Waals surface area contributed by atoms with E-state index in [0.29, 0.717) is 39.3 Å². The second-order valence-corrected chi connectivity index (χ2v) is 4.30. The molecule has 0 spiro atoms. The number of aliphatic hydroxyl groups is 6. The summed E-state index contributed by atoms with van der Waals surface area (Å²) in [5, 5.41) is 46.5. The Kier molecular flexibility index (Phi) is 122. The first-order chi connectivity index (χ1) is 13.5. The van der Waals surface area contributed by atoms with Gasteiger partial charge in [0.05, 0.1) is 39.6 Å². The van der Waals surface area contributed by atoms with Crippen LogP contribution < -0.4 is 34.4 Å². The topological polar surface area (TPSA) is 358 Å². The molecule has 0 fully saturated rings. The Bertz CT molecular complexity index is 235. The normalized spacial score (nSPS) is 7.93. The minimum atomic E-state index is -5.17. The zero-order valence-electron chi connectivity index (χ0n) is 17.0. The molecule has 0 bridgehead atoms. The molecule has 18 N–H and O–H groups in total. The number of aliphatic hydroxyl groups excluding tert-OH is 6. The molecule has 0 aliphatic heterocycles. The van der Waals surface area contributed by atoms with E-state index in [9.17, 15) is 0 Å². The summed E-state index contributed by atoms with van der Waals surface area (Å²) in [5.41, 5.74) is 28.7. The molecular weight excluding hydrogens is 479 g/mol. The third-order valence-electron chi connectivity index (χ3n) is 0.775. The number of hydrogen-bond acceptors (Lipinski definition) is 16. The molecule has 0 aliphatic rings. The molecule has 0 aromatic rings. The van der Waals surface area contributed by atoms with E-state index in [1.807, 2.05) is 0 Å². The maximum absolute atomic E-state index is 8.52. The first kappa shape index (κ1) is 52.1. The van der Waals surface area contributed by atoms with Crippen molar-refractivity contribution >= 4 is 10.4 Å². The van der Waals surface area contributed by atoms with Crippen LogP contribution in [-0.4, -0.2) is 127 Å². The van der Waals surface area contributed by atoms with E-state index in [1.54, 1.807) is 0 Å². The van der Waals surface area contributed by atoms with Crippen LogP contribution in [0.25, 0.3) is 0 Å². The SMILES string of the molecule is NCCO.NCCO.NCCO.NCCO.NCCO.NCCO.O=S(=O)([O-])[O-].[Co+2]. The largest absolute Gasteiger partial charge is 2.00 e. The van der Waals surface area contributed by atoms with E-state index in [4.69, 9.17) is 82.6 Å². The summed E-state index contributed by atoms with van der Waals surface area (Å²) >= 11 is 0. The third kappa shape index (κ3) is 580. The van der Waals surface area contributed by atoms with Crippen LogP contribution in [0.3, 0.4) is 0 Å². The molecule has 0 aromatic carbocycles. The van der Waals surface area contributed by atoms with Crippen LogP contribution in [0.4, 0.5) is 0 Å². The van der Waals surface area contributed by atoms with Crippen LogP contribution in [0.1, 0.15) is 0 Å². The summed E-state index contributed by atoms with van der Waals surface area (Å²) in [5.74, 6) is 0. The molecule has 0 aliphatic carbocycles. The number of rotatable bonds is 6. The molecule has 0 rings (SSSR count). The van der Waals surface area contributed by atoms with Crippen LogP contribution in [0, 0.1) is 0 Å². The van der Waals surface area contributed by atoms with Gasteiger partial charge in [-0.05, 0) is 0 Å². The molecule has 18 heteroatoms. The fourth-order valence-electron chi connectivity index (χ4n) is 0. The first-order valence-corrected chi connectivity index (χ1v) is 9.35. The van der Waals surface area contributed by atoms with Crippen LogP contribution in [0.15, 0.2) is 0 Å². The molecule has 1 radical (unpaired) electrons. The van der Waals surface area contributed by atoms with Crippen molar-refractivity contribution in [2.75, 3.05) is 78.9 Å². The van der Waals surface area contributed by atoms with Gasteiger partial charge >= 0.3 is 16.8 Å². The molecule has 0 heterocycles. The fraction of sp³-hybridized carbons (Fsp3) is 1.00. The zero-order valence-corrected chi connectivity index (χ0v) is 18.9. The second-order valence-electron chi connectivity index (χ2n) is 3.48. The van der Waals surface area contributed by atoms with E-state index in [-0.39, 0.29) is 56.4 Å². The van der Waals surface area contributed by atoms with E-state index in [1.165, 1.54) is 0 Å². The van der Waals surface area contributed by atoms with Gasteiger partial charge in [0, 0.05) is 49.7 Å². The summed E-state index contributed by atoms with van der Waals surface area (Å²) in [7, 11) is -5.17. The van der Waals surface area contributed by atoms with Crippen LogP contribution >= 0.6 is 0 Å².